The Morgan fingerprint density at radius 3 is 2.80 bits per heavy atom. The molecule has 0 atom stereocenters. The highest BCUT2D eigenvalue weighted by atomic mass is 79.9. The van der Waals surface area contributed by atoms with Crippen molar-refractivity contribution in [2.24, 2.45) is 5.73 Å². The number of aromatic nitrogens is 1. The molecule has 1 heterocycles. The number of hydrogen-bond acceptors (Lipinski definition) is 3. The first kappa shape index (κ1) is 10.3. The molecule has 15 heavy (non-hydrogen) atoms. The second-order valence-electron chi connectivity index (χ2n) is 3.09. The third-order valence-electron chi connectivity index (χ3n) is 2.13. The van der Waals surface area contributed by atoms with Crippen LogP contribution in [0.5, 0.6) is 0 Å². The molecule has 0 aliphatic rings. The van der Waals surface area contributed by atoms with E-state index in [1.165, 1.54) is 0 Å². The van der Waals surface area contributed by atoms with E-state index in [1.807, 2.05) is 18.2 Å². The Hall–Kier alpha value is -1.20. The molecule has 76 valence electrons. The summed E-state index contributed by atoms with van der Waals surface area (Å²) in [6.07, 6.45) is 1.66. The van der Waals surface area contributed by atoms with Crippen molar-refractivity contribution in [2.45, 2.75) is 0 Å². The van der Waals surface area contributed by atoms with Crippen LogP contribution in [0.2, 0.25) is 0 Å². The standard InChI is InChI=1S/C10H8BrN3S/c11-6-4-14-9(10(13)15)5-2-1-3-7(12)8(5)6/h1-4H,12H2,(H2,13,15). The highest BCUT2D eigenvalue weighted by Crippen LogP contribution is 2.29. The summed E-state index contributed by atoms with van der Waals surface area (Å²) in [6.45, 7) is 0. The lowest BCUT2D eigenvalue weighted by Gasteiger charge is -2.07. The van der Waals surface area contributed by atoms with Crippen LogP contribution in [0.3, 0.4) is 0 Å². The van der Waals surface area contributed by atoms with Gasteiger partial charge in [0.1, 0.15) is 10.7 Å². The highest BCUT2D eigenvalue weighted by molar-refractivity contribution is 9.10. The van der Waals surface area contributed by atoms with Crippen LogP contribution in [0.4, 0.5) is 5.69 Å². The molecule has 0 aliphatic heterocycles. The van der Waals surface area contributed by atoms with Crippen LogP contribution in [0.15, 0.2) is 28.9 Å². The molecule has 0 aliphatic carbocycles. The number of fused-ring (bicyclic) bond motifs is 1. The molecule has 0 unspecified atom stereocenters. The minimum atomic E-state index is 0.276. The molecular weight excluding hydrogens is 274 g/mol. The molecule has 3 nitrogen and oxygen atoms in total. The highest BCUT2D eigenvalue weighted by Gasteiger charge is 2.09. The summed E-state index contributed by atoms with van der Waals surface area (Å²) < 4.78 is 0.843. The molecule has 0 bridgehead atoms. The Kier molecular flexibility index (Phi) is 2.58. The maximum absolute atomic E-state index is 5.88. The molecular formula is C10H8BrN3S. The number of benzene rings is 1. The number of thiocarbonyl (C=S) groups is 1. The molecule has 0 fully saturated rings. The predicted molar refractivity (Wildman–Crippen MR) is 69.7 cm³/mol. The molecule has 2 rings (SSSR count). The fourth-order valence-corrected chi connectivity index (χ4v) is 2.19. The molecule has 1 aromatic carbocycles. The van der Waals surface area contributed by atoms with E-state index >= 15 is 0 Å². The fraction of sp³-hybridized carbons (Fsp3) is 0. The van der Waals surface area contributed by atoms with Crippen molar-refractivity contribution >= 4 is 49.6 Å². The van der Waals surface area contributed by atoms with Gasteiger partial charge in [-0.05, 0) is 22.0 Å². The Morgan fingerprint density at radius 2 is 2.13 bits per heavy atom. The van der Waals surface area contributed by atoms with Gasteiger partial charge in [0.15, 0.2) is 0 Å². The Balaban J connectivity index is 2.95. The maximum Gasteiger partial charge on any atom is 0.123 e. The minimum absolute atomic E-state index is 0.276. The van der Waals surface area contributed by atoms with Crippen LogP contribution in [0.1, 0.15) is 5.69 Å². The minimum Gasteiger partial charge on any atom is -0.398 e. The summed E-state index contributed by atoms with van der Waals surface area (Å²) in [4.78, 5) is 4.45. The third kappa shape index (κ3) is 1.68. The van der Waals surface area contributed by atoms with Crippen molar-refractivity contribution in [1.82, 2.24) is 4.98 Å². The zero-order valence-corrected chi connectivity index (χ0v) is 10.1. The summed E-state index contributed by atoms with van der Waals surface area (Å²) in [5.41, 5.74) is 12.8. The predicted octanol–water partition coefficient (Wildman–Crippen LogP) is 2.21. The molecule has 4 N–H and O–H groups in total. The van der Waals surface area contributed by atoms with Gasteiger partial charge in [0.05, 0.1) is 0 Å². The van der Waals surface area contributed by atoms with E-state index in [1.54, 1.807) is 6.20 Å². The van der Waals surface area contributed by atoms with E-state index in [9.17, 15) is 0 Å². The summed E-state index contributed by atoms with van der Waals surface area (Å²) >= 11 is 8.34. The molecule has 0 amide bonds. The fourth-order valence-electron chi connectivity index (χ4n) is 1.49. The average Bonchev–Trinajstić information content (AvgIpc) is 2.17. The zero-order valence-electron chi connectivity index (χ0n) is 7.70. The third-order valence-corrected chi connectivity index (χ3v) is 2.93. The van der Waals surface area contributed by atoms with Gasteiger partial charge in [-0.15, -0.1) is 0 Å². The van der Waals surface area contributed by atoms with Gasteiger partial charge >= 0.3 is 0 Å². The van der Waals surface area contributed by atoms with E-state index in [0.717, 1.165) is 15.2 Å². The average molecular weight is 282 g/mol. The quantitative estimate of drug-likeness (QED) is 0.621. The first-order valence-corrected chi connectivity index (χ1v) is 5.44. The second-order valence-corrected chi connectivity index (χ2v) is 4.38. The van der Waals surface area contributed by atoms with Crippen molar-refractivity contribution < 1.29 is 0 Å². The van der Waals surface area contributed by atoms with Crippen LogP contribution in [-0.4, -0.2) is 9.97 Å². The van der Waals surface area contributed by atoms with E-state index in [4.69, 9.17) is 23.7 Å². The van der Waals surface area contributed by atoms with Crippen molar-refractivity contribution in [2.75, 3.05) is 5.73 Å². The van der Waals surface area contributed by atoms with E-state index < -0.39 is 0 Å². The van der Waals surface area contributed by atoms with Crippen molar-refractivity contribution in [3.63, 3.8) is 0 Å². The summed E-state index contributed by atoms with van der Waals surface area (Å²) in [5.74, 6) is 0. The van der Waals surface area contributed by atoms with Crippen molar-refractivity contribution in [3.8, 4) is 0 Å². The number of halogens is 1. The van der Waals surface area contributed by atoms with Crippen LogP contribution in [0, 0.1) is 0 Å². The van der Waals surface area contributed by atoms with Gasteiger partial charge in [0, 0.05) is 27.1 Å². The monoisotopic (exact) mass is 281 g/mol. The van der Waals surface area contributed by atoms with Crippen molar-refractivity contribution in [1.29, 1.82) is 0 Å². The molecule has 0 spiro atoms. The number of nitrogens with two attached hydrogens (primary N) is 2. The van der Waals surface area contributed by atoms with Gasteiger partial charge in [0.2, 0.25) is 0 Å². The van der Waals surface area contributed by atoms with Crippen LogP contribution in [0.25, 0.3) is 10.8 Å². The van der Waals surface area contributed by atoms with E-state index in [0.29, 0.717) is 11.4 Å². The lowest BCUT2D eigenvalue weighted by atomic mass is 10.1. The van der Waals surface area contributed by atoms with Gasteiger partial charge in [0.25, 0.3) is 0 Å². The normalized spacial score (nSPS) is 10.5. The number of rotatable bonds is 1. The van der Waals surface area contributed by atoms with Gasteiger partial charge in [-0.25, -0.2) is 0 Å². The van der Waals surface area contributed by atoms with Crippen LogP contribution < -0.4 is 11.5 Å². The zero-order chi connectivity index (χ0) is 11.0. The van der Waals surface area contributed by atoms with Crippen LogP contribution >= 0.6 is 28.1 Å². The Morgan fingerprint density at radius 1 is 1.40 bits per heavy atom. The second kappa shape index (κ2) is 3.75. The van der Waals surface area contributed by atoms with E-state index in [-0.39, 0.29) is 4.99 Å². The Labute approximate surface area is 101 Å². The molecule has 0 radical (unpaired) electrons. The van der Waals surface area contributed by atoms with Gasteiger partial charge in [-0.3, -0.25) is 4.98 Å². The Bertz CT molecular complexity index is 545. The van der Waals surface area contributed by atoms with Gasteiger partial charge in [-0.1, -0.05) is 24.4 Å². The number of nitrogen functional groups attached to an aromatic ring is 1. The largest absolute Gasteiger partial charge is 0.398 e. The topological polar surface area (TPSA) is 64.9 Å². The summed E-state index contributed by atoms with van der Waals surface area (Å²) in [7, 11) is 0. The first-order valence-electron chi connectivity index (χ1n) is 4.23. The number of hydrogen-bond donors (Lipinski definition) is 2. The smallest absolute Gasteiger partial charge is 0.123 e. The summed E-state index contributed by atoms with van der Waals surface area (Å²) in [6, 6.07) is 5.59. The van der Waals surface area contributed by atoms with E-state index in [2.05, 4.69) is 20.9 Å². The number of anilines is 1. The molecule has 2 aromatic rings. The summed E-state index contributed by atoms with van der Waals surface area (Å²) in [5, 5.41) is 1.77. The lowest BCUT2D eigenvalue weighted by Crippen LogP contribution is -2.12. The van der Waals surface area contributed by atoms with Gasteiger partial charge < -0.3 is 11.5 Å². The van der Waals surface area contributed by atoms with Crippen LogP contribution in [-0.2, 0) is 0 Å². The molecule has 1 aromatic heterocycles. The van der Waals surface area contributed by atoms with Gasteiger partial charge in [-0.2, -0.15) is 0 Å². The number of pyridine rings is 1. The SMILES string of the molecule is NC(=S)c1ncc(Br)c2c(N)cccc12. The van der Waals surface area contributed by atoms with Crippen molar-refractivity contribution in [3.05, 3.63) is 34.6 Å². The maximum atomic E-state index is 5.88. The molecule has 0 saturated heterocycles. The lowest BCUT2D eigenvalue weighted by molar-refractivity contribution is 1.31. The first-order chi connectivity index (χ1) is 7.11. The number of nitrogens with zero attached hydrogens (tertiary/aromatic N) is 1. The molecule has 0 saturated carbocycles. The molecule has 5 heteroatoms.